The summed E-state index contributed by atoms with van der Waals surface area (Å²) in [6, 6.07) is 16.2. The Morgan fingerprint density at radius 3 is 2.70 bits per heavy atom. The molecule has 0 N–H and O–H groups in total. The number of nitrogens with zero attached hydrogens (tertiary/aromatic N) is 2. The molecular weight excluding hydrogens is 248 g/mol. The molecule has 3 rings (SSSR count). The van der Waals surface area contributed by atoms with Crippen molar-refractivity contribution in [3.8, 4) is 17.5 Å². The number of benzene rings is 2. The molecule has 0 aliphatic rings. The highest BCUT2D eigenvalue weighted by Crippen LogP contribution is 2.26. The Morgan fingerprint density at radius 2 is 1.95 bits per heavy atom. The molecule has 20 heavy (non-hydrogen) atoms. The molecule has 3 heteroatoms. The van der Waals surface area contributed by atoms with Crippen molar-refractivity contribution in [3.63, 3.8) is 0 Å². The second-order valence-corrected chi connectivity index (χ2v) is 4.74. The lowest BCUT2D eigenvalue weighted by Gasteiger charge is -2.09. The molecule has 0 saturated carbocycles. The quantitative estimate of drug-likeness (QED) is 0.704. The van der Waals surface area contributed by atoms with Crippen LogP contribution in [0.4, 0.5) is 0 Å². The van der Waals surface area contributed by atoms with E-state index in [1.165, 1.54) is 10.9 Å². The molecule has 0 saturated heterocycles. The van der Waals surface area contributed by atoms with Crippen molar-refractivity contribution >= 4 is 10.9 Å². The fourth-order valence-electron chi connectivity index (χ4n) is 2.41. The number of ether oxygens (including phenoxy) is 1. The van der Waals surface area contributed by atoms with E-state index in [2.05, 4.69) is 41.8 Å². The third kappa shape index (κ3) is 1.92. The Bertz CT molecular complexity index is 825. The maximum absolute atomic E-state index is 9.04. The number of aryl methyl sites for hydroxylation is 1. The molecule has 0 amide bonds. The SMILES string of the molecule is COc1cc(-n2ccc3cc(C)ccc32)ccc1C#N. The number of hydrogen-bond acceptors (Lipinski definition) is 2. The van der Waals surface area contributed by atoms with Crippen molar-refractivity contribution in [2.45, 2.75) is 6.92 Å². The van der Waals surface area contributed by atoms with Gasteiger partial charge in [0.1, 0.15) is 11.8 Å². The summed E-state index contributed by atoms with van der Waals surface area (Å²) < 4.78 is 7.37. The highest BCUT2D eigenvalue weighted by molar-refractivity contribution is 5.82. The largest absolute Gasteiger partial charge is 0.495 e. The smallest absolute Gasteiger partial charge is 0.138 e. The lowest BCUT2D eigenvalue weighted by atomic mass is 10.1. The van der Waals surface area contributed by atoms with Crippen LogP contribution in [0, 0.1) is 18.3 Å². The second-order valence-electron chi connectivity index (χ2n) is 4.74. The normalized spacial score (nSPS) is 10.4. The van der Waals surface area contributed by atoms with E-state index in [1.807, 2.05) is 18.3 Å². The minimum Gasteiger partial charge on any atom is -0.495 e. The first kappa shape index (κ1) is 12.3. The monoisotopic (exact) mass is 262 g/mol. The van der Waals surface area contributed by atoms with Gasteiger partial charge in [-0.25, -0.2) is 0 Å². The Morgan fingerprint density at radius 1 is 1.10 bits per heavy atom. The Hall–Kier alpha value is -2.73. The molecule has 0 unspecified atom stereocenters. The highest BCUT2D eigenvalue weighted by atomic mass is 16.5. The molecule has 98 valence electrons. The van der Waals surface area contributed by atoms with E-state index >= 15 is 0 Å². The van der Waals surface area contributed by atoms with Crippen LogP contribution in [0.15, 0.2) is 48.7 Å². The molecule has 2 aromatic carbocycles. The van der Waals surface area contributed by atoms with E-state index in [0.717, 1.165) is 11.2 Å². The van der Waals surface area contributed by atoms with Gasteiger partial charge >= 0.3 is 0 Å². The molecule has 1 heterocycles. The van der Waals surface area contributed by atoms with Crippen LogP contribution in [0.25, 0.3) is 16.6 Å². The summed E-state index contributed by atoms with van der Waals surface area (Å²) in [6.07, 6.45) is 2.03. The lowest BCUT2D eigenvalue weighted by Crippen LogP contribution is -1.95. The number of rotatable bonds is 2. The van der Waals surface area contributed by atoms with Crippen molar-refractivity contribution in [2.24, 2.45) is 0 Å². The zero-order chi connectivity index (χ0) is 14.1. The minimum absolute atomic E-state index is 0.545. The van der Waals surface area contributed by atoms with Gasteiger partial charge in [-0.05, 0) is 37.3 Å². The molecular formula is C17H14N2O. The van der Waals surface area contributed by atoms with Gasteiger partial charge in [0.15, 0.2) is 0 Å². The number of aromatic nitrogens is 1. The van der Waals surface area contributed by atoms with E-state index in [9.17, 15) is 0 Å². The van der Waals surface area contributed by atoms with Gasteiger partial charge in [0.05, 0.1) is 18.2 Å². The van der Waals surface area contributed by atoms with Crippen molar-refractivity contribution in [1.82, 2.24) is 4.57 Å². The van der Waals surface area contributed by atoms with Gasteiger partial charge in [-0.1, -0.05) is 11.6 Å². The van der Waals surface area contributed by atoms with Gasteiger partial charge in [-0.15, -0.1) is 0 Å². The first-order valence-corrected chi connectivity index (χ1v) is 6.39. The molecule has 0 atom stereocenters. The van der Waals surface area contributed by atoms with Crippen LogP contribution < -0.4 is 4.74 Å². The van der Waals surface area contributed by atoms with Crippen molar-refractivity contribution in [3.05, 3.63) is 59.8 Å². The minimum atomic E-state index is 0.545. The number of methoxy groups -OCH3 is 1. The maximum atomic E-state index is 9.04. The second kappa shape index (κ2) is 4.75. The Kier molecular flexibility index (Phi) is 2.92. The molecule has 3 nitrogen and oxygen atoms in total. The maximum Gasteiger partial charge on any atom is 0.138 e. The predicted octanol–water partition coefficient (Wildman–Crippen LogP) is 3.82. The lowest BCUT2D eigenvalue weighted by molar-refractivity contribution is 0.413. The van der Waals surface area contributed by atoms with E-state index in [-0.39, 0.29) is 0 Å². The molecule has 0 radical (unpaired) electrons. The fourth-order valence-corrected chi connectivity index (χ4v) is 2.41. The topological polar surface area (TPSA) is 38.0 Å². The van der Waals surface area contributed by atoms with Crippen molar-refractivity contribution < 1.29 is 4.74 Å². The fraction of sp³-hybridized carbons (Fsp3) is 0.118. The summed E-state index contributed by atoms with van der Waals surface area (Å²) in [7, 11) is 1.58. The van der Waals surface area contributed by atoms with Crippen molar-refractivity contribution in [2.75, 3.05) is 7.11 Å². The molecule has 1 aromatic heterocycles. The van der Waals surface area contributed by atoms with E-state index < -0.39 is 0 Å². The van der Waals surface area contributed by atoms with E-state index in [0.29, 0.717) is 11.3 Å². The summed E-state index contributed by atoms with van der Waals surface area (Å²) in [6.45, 7) is 2.08. The van der Waals surface area contributed by atoms with Crippen LogP contribution in [0.1, 0.15) is 11.1 Å². The first-order valence-electron chi connectivity index (χ1n) is 6.39. The van der Waals surface area contributed by atoms with Gasteiger partial charge in [0.25, 0.3) is 0 Å². The number of fused-ring (bicyclic) bond motifs is 1. The summed E-state index contributed by atoms with van der Waals surface area (Å²) in [4.78, 5) is 0. The summed E-state index contributed by atoms with van der Waals surface area (Å²) in [5, 5.41) is 10.2. The van der Waals surface area contributed by atoms with Crippen molar-refractivity contribution in [1.29, 1.82) is 5.26 Å². The molecule has 0 fully saturated rings. The zero-order valence-electron chi connectivity index (χ0n) is 11.4. The Labute approximate surface area is 117 Å². The van der Waals surface area contributed by atoms with Crippen LogP contribution in [-0.2, 0) is 0 Å². The third-order valence-corrected chi connectivity index (χ3v) is 3.43. The van der Waals surface area contributed by atoms with Crippen LogP contribution in [0.5, 0.6) is 5.75 Å². The zero-order valence-corrected chi connectivity index (χ0v) is 11.4. The van der Waals surface area contributed by atoms with Crippen LogP contribution in [0.3, 0.4) is 0 Å². The molecule has 3 aromatic rings. The third-order valence-electron chi connectivity index (χ3n) is 3.43. The van der Waals surface area contributed by atoms with Gasteiger partial charge < -0.3 is 9.30 Å². The van der Waals surface area contributed by atoms with Gasteiger partial charge in [0, 0.05) is 23.3 Å². The number of hydrogen-bond donors (Lipinski definition) is 0. The van der Waals surface area contributed by atoms with Crippen LogP contribution >= 0.6 is 0 Å². The molecule has 0 aliphatic heterocycles. The summed E-state index contributed by atoms with van der Waals surface area (Å²) in [5.74, 6) is 0.596. The molecule has 0 aliphatic carbocycles. The number of nitriles is 1. The first-order chi connectivity index (χ1) is 9.72. The standard InChI is InChI=1S/C17H14N2O/c1-12-3-6-16-13(9-12)7-8-19(16)15-5-4-14(11-18)17(10-15)20-2/h3-10H,1-2H3. The summed E-state index contributed by atoms with van der Waals surface area (Å²) >= 11 is 0. The van der Waals surface area contributed by atoms with Gasteiger partial charge in [0.2, 0.25) is 0 Å². The van der Waals surface area contributed by atoms with Crippen LogP contribution in [0.2, 0.25) is 0 Å². The predicted molar refractivity (Wildman–Crippen MR) is 79.3 cm³/mol. The Balaban J connectivity index is 2.19. The highest BCUT2D eigenvalue weighted by Gasteiger charge is 2.07. The summed E-state index contributed by atoms with van der Waals surface area (Å²) in [5.41, 5.74) is 3.92. The molecule has 0 spiro atoms. The average Bonchev–Trinajstić information content (AvgIpc) is 2.89. The van der Waals surface area contributed by atoms with Gasteiger partial charge in [-0.2, -0.15) is 5.26 Å². The van der Waals surface area contributed by atoms with Crippen LogP contribution in [-0.4, -0.2) is 11.7 Å². The average molecular weight is 262 g/mol. The van der Waals surface area contributed by atoms with Gasteiger partial charge in [-0.3, -0.25) is 0 Å². The van der Waals surface area contributed by atoms with E-state index in [4.69, 9.17) is 10.00 Å². The molecule has 0 bridgehead atoms. The van der Waals surface area contributed by atoms with E-state index in [1.54, 1.807) is 13.2 Å².